The molecule has 0 bridgehead atoms. The van der Waals surface area contributed by atoms with E-state index in [9.17, 15) is 29.4 Å². The molecule has 208 valence electrons. The molecule has 1 unspecified atom stereocenters. The number of para-hydroxylation sites is 1. The van der Waals surface area contributed by atoms with Crippen molar-refractivity contribution >= 4 is 23.6 Å². The lowest BCUT2D eigenvalue weighted by Gasteiger charge is -2.36. The molecule has 2 heterocycles. The van der Waals surface area contributed by atoms with Crippen LogP contribution in [-0.4, -0.2) is 71.3 Å². The van der Waals surface area contributed by atoms with Gasteiger partial charge in [0, 0.05) is 6.42 Å². The Hall–Kier alpha value is -3.76. The maximum absolute atomic E-state index is 13.7. The summed E-state index contributed by atoms with van der Waals surface area (Å²) in [5.41, 5.74) is 0.792. The van der Waals surface area contributed by atoms with E-state index < -0.39 is 59.7 Å². The minimum absolute atomic E-state index is 0.0251. The number of phenolic OH excluding ortho intramolecular Hbond substituents is 1. The molecule has 2 aliphatic rings. The van der Waals surface area contributed by atoms with Gasteiger partial charge >= 0.3 is 5.97 Å². The van der Waals surface area contributed by atoms with E-state index in [4.69, 9.17) is 9.47 Å². The molecule has 2 fully saturated rings. The Morgan fingerprint density at radius 2 is 1.69 bits per heavy atom. The van der Waals surface area contributed by atoms with Gasteiger partial charge in [0.05, 0.1) is 42.8 Å². The number of nitrogens with one attached hydrogen (secondary N) is 2. The number of esters is 1. The van der Waals surface area contributed by atoms with Crippen LogP contribution in [0.25, 0.3) is 0 Å². The van der Waals surface area contributed by atoms with Crippen LogP contribution in [0.1, 0.15) is 36.2 Å². The van der Waals surface area contributed by atoms with Gasteiger partial charge in [-0.05, 0) is 37.0 Å². The van der Waals surface area contributed by atoms with Crippen LogP contribution < -0.4 is 10.6 Å². The average Bonchev–Trinajstić information content (AvgIpc) is 2.89. The predicted molar refractivity (Wildman–Crippen MR) is 140 cm³/mol. The van der Waals surface area contributed by atoms with Gasteiger partial charge in [0.1, 0.15) is 11.8 Å². The van der Waals surface area contributed by atoms with Crippen molar-refractivity contribution in [2.24, 2.45) is 17.8 Å². The summed E-state index contributed by atoms with van der Waals surface area (Å²) in [6.45, 7) is 3.63. The Balaban J connectivity index is 1.67. The molecule has 2 aromatic rings. The van der Waals surface area contributed by atoms with Crippen LogP contribution in [0, 0.1) is 17.8 Å². The number of hydrogen-bond donors (Lipinski definition) is 4. The number of Topliss-reactive ketones (excluding diaryl/α,β-unsaturated/α-hetero) is 1. The number of ether oxygens (including phenoxy) is 2. The lowest BCUT2D eigenvalue weighted by molar-refractivity contribution is -0.177. The molecule has 2 aliphatic heterocycles. The summed E-state index contributed by atoms with van der Waals surface area (Å²) in [6.07, 6.45) is -2.39. The Bertz CT molecular complexity index is 1200. The zero-order valence-electron chi connectivity index (χ0n) is 21.9. The lowest BCUT2D eigenvalue weighted by atomic mass is 9.86. The molecule has 4 rings (SSSR count). The average molecular weight is 539 g/mol. The SMILES string of the molecule is C[C@H]1CC(=O)C(C2COC2)OC(=O)[C@H](C)[C@H](O)[C@H](Cc2ccccc2)NC(=O)[C@H]1NC(=O)c1ccccc1O. The Kier molecular flexibility index (Phi) is 8.98. The number of cyclic esters (lactones) is 1. The molecule has 0 spiro atoms. The first kappa shape index (κ1) is 28.3. The van der Waals surface area contributed by atoms with Gasteiger partial charge in [-0.2, -0.15) is 0 Å². The highest BCUT2D eigenvalue weighted by atomic mass is 16.6. The molecule has 39 heavy (non-hydrogen) atoms. The Labute approximate surface area is 226 Å². The highest BCUT2D eigenvalue weighted by Crippen LogP contribution is 2.26. The topological polar surface area (TPSA) is 151 Å². The highest BCUT2D eigenvalue weighted by Gasteiger charge is 2.42. The van der Waals surface area contributed by atoms with Crippen molar-refractivity contribution in [1.82, 2.24) is 10.6 Å². The minimum atomic E-state index is -1.35. The summed E-state index contributed by atoms with van der Waals surface area (Å²) >= 11 is 0. The number of amides is 2. The summed E-state index contributed by atoms with van der Waals surface area (Å²) in [6, 6.07) is 13.0. The number of aromatic hydroxyl groups is 1. The molecule has 6 atom stereocenters. The second-order valence-electron chi connectivity index (χ2n) is 10.4. The van der Waals surface area contributed by atoms with Crippen LogP contribution in [0.2, 0.25) is 0 Å². The summed E-state index contributed by atoms with van der Waals surface area (Å²) in [5, 5.41) is 26.9. The van der Waals surface area contributed by atoms with Gasteiger partial charge in [0.15, 0.2) is 11.9 Å². The first-order chi connectivity index (χ1) is 18.7. The van der Waals surface area contributed by atoms with E-state index >= 15 is 0 Å². The van der Waals surface area contributed by atoms with Crippen LogP contribution in [0.4, 0.5) is 0 Å². The van der Waals surface area contributed by atoms with Gasteiger partial charge in [0.2, 0.25) is 5.91 Å². The van der Waals surface area contributed by atoms with Crippen molar-refractivity contribution in [3.8, 4) is 5.75 Å². The summed E-state index contributed by atoms with van der Waals surface area (Å²) in [4.78, 5) is 53.1. The zero-order chi connectivity index (χ0) is 28.1. The molecular weight excluding hydrogens is 504 g/mol. The standard InChI is InChI=1S/C29H34N2O8/c1-16-12-23(33)26(19-14-38-15-19)39-29(37)17(2)25(34)21(13-18-8-4-3-5-9-18)30-28(36)24(16)31-27(35)20-10-6-7-11-22(20)32/h3-11,16-17,19,21,24-26,32,34H,12-15H2,1-2H3,(H,30,36)(H,31,35)/t16-,17+,21-,24-,25-,26?/m0/s1. The molecule has 4 N–H and O–H groups in total. The first-order valence-electron chi connectivity index (χ1n) is 13.1. The van der Waals surface area contributed by atoms with Crippen LogP contribution in [0.15, 0.2) is 54.6 Å². The Morgan fingerprint density at radius 1 is 1.03 bits per heavy atom. The molecular formula is C29H34N2O8. The summed E-state index contributed by atoms with van der Waals surface area (Å²) < 4.78 is 10.9. The second kappa shape index (κ2) is 12.4. The fourth-order valence-corrected chi connectivity index (χ4v) is 4.87. The van der Waals surface area contributed by atoms with Crippen LogP contribution in [0.5, 0.6) is 5.75 Å². The maximum Gasteiger partial charge on any atom is 0.312 e. The molecule has 0 radical (unpaired) electrons. The van der Waals surface area contributed by atoms with Gasteiger partial charge in [-0.3, -0.25) is 19.2 Å². The number of benzene rings is 2. The molecule has 0 saturated carbocycles. The van der Waals surface area contributed by atoms with E-state index in [0.717, 1.165) is 5.56 Å². The number of rotatable bonds is 5. The van der Waals surface area contributed by atoms with Crippen LogP contribution in [-0.2, 0) is 30.3 Å². The van der Waals surface area contributed by atoms with Crippen molar-refractivity contribution in [2.75, 3.05) is 13.2 Å². The number of aliphatic hydroxyl groups is 1. The van der Waals surface area contributed by atoms with E-state index in [1.165, 1.54) is 19.1 Å². The fraction of sp³-hybridized carbons (Fsp3) is 0.448. The van der Waals surface area contributed by atoms with Crippen molar-refractivity contribution in [3.05, 3.63) is 65.7 Å². The number of carbonyl (C=O) groups is 4. The first-order valence-corrected chi connectivity index (χ1v) is 13.1. The zero-order valence-corrected chi connectivity index (χ0v) is 21.9. The second-order valence-corrected chi connectivity index (χ2v) is 10.4. The lowest BCUT2D eigenvalue weighted by Crippen LogP contribution is -2.58. The predicted octanol–water partition coefficient (Wildman–Crippen LogP) is 1.38. The largest absolute Gasteiger partial charge is 0.507 e. The number of ketones is 1. The molecule has 2 aromatic carbocycles. The fourth-order valence-electron chi connectivity index (χ4n) is 4.87. The normalized spacial score (nSPS) is 28.7. The highest BCUT2D eigenvalue weighted by molar-refractivity contribution is 6.00. The number of carbonyl (C=O) groups excluding carboxylic acids is 4. The van der Waals surface area contributed by atoms with Gasteiger partial charge in [0.25, 0.3) is 5.91 Å². The van der Waals surface area contributed by atoms with Crippen molar-refractivity contribution < 1.29 is 38.9 Å². The van der Waals surface area contributed by atoms with E-state index in [2.05, 4.69) is 10.6 Å². The Morgan fingerprint density at radius 3 is 2.33 bits per heavy atom. The number of hydrogen-bond acceptors (Lipinski definition) is 8. The minimum Gasteiger partial charge on any atom is -0.507 e. The quantitative estimate of drug-likeness (QED) is 0.417. The monoisotopic (exact) mass is 538 g/mol. The molecule has 2 amide bonds. The van der Waals surface area contributed by atoms with Gasteiger partial charge in [-0.25, -0.2) is 0 Å². The van der Waals surface area contributed by atoms with Crippen LogP contribution in [0.3, 0.4) is 0 Å². The molecule has 0 aliphatic carbocycles. The number of aliphatic hydroxyl groups excluding tert-OH is 1. The third-order valence-electron chi connectivity index (χ3n) is 7.38. The number of phenols is 1. The van der Waals surface area contributed by atoms with E-state index in [0.29, 0.717) is 0 Å². The molecule has 2 saturated heterocycles. The van der Waals surface area contributed by atoms with Gasteiger partial charge in [-0.15, -0.1) is 0 Å². The molecule has 10 heteroatoms. The third kappa shape index (κ3) is 6.63. The molecule has 10 nitrogen and oxygen atoms in total. The van der Waals surface area contributed by atoms with Crippen molar-refractivity contribution in [1.29, 1.82) is 0 Å². The van der Waals surface area contributed by atoms with Crippen LogP contribution >= 0.6 is 0 Å². The van der Waals surface area contributed by atoms with E-state index in [1.807, 2.05) is 30.3 Å². The third-order valence-corrected chi connectivity index (χ3v) is 7.38. The summed E-state index contributed by atoms with van der Waals surface area (Å²) in [5.74, 6) is -4.80. The maximum atomic E-state index is 13.7. The smallest absolute Gasteiger partial charge is 0.312 e. The van der Waals surface area contributed by atoms with Gasteiger partial charge in [-0.1, -0.05) is 49.4 Å². The van der Waals surface area contributed by atoms with E-state index in [1.54, 1.807) is 19.1 Å². The van der Waals surface area contributed by atoms with Gasteiger partial charge < -0.3 is 30.3 Å². The van der Waals surface area contributed by atoms with E-state index in [-0.39, 0.29) is 43.3 Å². The molecule has 0 aromatic heterocycles. The van der Waals surface area contributed by atoms with Crippen molar-refractivity contribution in [2.45, 2.75) is 51.0 Å². The van der Waals surface area contributed by atoms with Crippen molar-refractivity contribution in [3.63, 3.8) is 0 Å². The summed E-state index contributed by atoms with van der Waals surface area (Å²) in [7, 11) is 0.